The average Bonchev–Trinajstić information content (AvgIpc) is 3.44. The molecule has 5 aromatic carbocycles. The van der Waals surface area contributed by atoms with E-state index in [0.29, 0.717) is 0 Å². The van der Waals surface area contributed by atoms with Crippen LogP contribution in [0.1, 0.15) is 0 Å². The van der Waals surface area contributed by atoms with Crippen molar-refractivity contribution in [2.45, 2.75) is 6.55 Å². The molecule has 0 atom stereocenters. The Morgan fingerprint density at radius 3 is 1.55 bits per heavy atom. The third-order valence-electron chi connectivity index (χ3n) is 4.63. The summed E-state index contributed by atoms with van der Waals surface area (Å²) in [6, 6.07) is 39.9. The van der Waals surface area contributed by atoms with Crippen LogP contribution >= 0.6 is 0 Å². The summed E-state index contributed by atoms with van der Waals surface area (Å²) in [5, 5.41) is 6.76. The van der Waals surface area contributed by atoms with E-state index in [2.05, 4.69) is 128 Å². The van der Waals surface area contributed by atoms with Crippen LogP contribution in [0.25, 0.3) is 21.5 Å². The zero-order chi connectivity index (χ0) is 19.6. The Labute approximate surface area is 195 Å². The molecule has 0 bridgehead atoms. The van der Waals surface area contributed by atoms with Crippen molar-refractivity contribution in [3.8, 4) is 0 Å². The summed E-state index contributed by atoms with van der Waals surface area (Å²) in [6.45, 7) is 6.03. The van der Waals surface area contributed by atoms with Crippen molar-refractivity contribution >= 4 is 35.5 Å². The molecule has 0 heterocycles. The van der Waals surface area contributed by atoms with Crippen LogP contribution in [0, 0.1) is 0 Å². The number of hydrogen-bond donors (Lipinski definition) is 0. The minimum Gasteiger partial charge on any atom is -0.168 e. The maximum Gasteiger partial charge on any atom is 2.00 e. The van der Waals surface area contributed by atoms with Crippen LogP contribution in [0.3, 0.4) is 0 Å². The predicted molar refractivity (Wildman–Crippen MR) is 127 cm³/mol. The molecule has 0 aliphatic rings. The van der Waals surface area contributed by atoms with Crippen LogP contribution in [0.15, 0.2) is 128 Å². The number of rotatable bonds is 2. The molecule has 0 aliphatic heterocycles. The summed E-state index contributed by atoms with van der Waals surface area (Å²) in [4.78, 5) is 0. The van der Waals surface area contributed by atoms with E-state index in [-0.39, 0.29) is 26.2 Å². The van der Waals surface area contributed by atoms with Crippen LogP contribution in [0.5, 0.6) is 0 Å². The van der Waals surface area contributed by atoms with Crippen LogP contribution < -0.4 is 5.19 Å². The van der Waals surface area contributed by atoms with Gasteiger partial charge < -0.3 is 0 Å². The van der Waals surface area contributed by atoms with E-state index in [1.807, 2.05) is 6.07 Å². The van der Waals surface area contributed by atoms with Gasteiger partial charge in [0.1, 0.15) is 8.80 Å². The molecular formula is C27H25SiZr. The molecule has 1 radical (unpaired) electrons. The largest absolute Gasteiger partial charge is 2.00 e. The Morgan fingerprint density at radius 2 is 1.10 bits per heavy atom. The first kappa shape index (κ1) is 23.0. The Morgan fingerprint density at radius 1 is 0.655 bits per heavy atom. The minimum absolute atomic E-state index is 0. The first-order chi connectivity index (χ1) is 13.8. The van der Waals surface area contributed by atoms with Crippen molar-refractivity contribution in [1.82, 2.24) is 0 Å². The van der Waals surface area contributed by atoms with Gasteiger partial charge in [0, 0.05) is 0 Å². The van der Waals surface area contributed by atoms with Crippen LogP contribution in [-0.2, 0) is 26.2 Å². The average molecular weight is 469 g/mol. The summed E-state index contributed by atoms with van der Waals surface area (Å²) in [7, 11) is -0.443. The molecule has 0 N–H and O–H groups in total. The zero-order valence-corrected chi connectivity index (χ0v) is 20.2. The molecule has 2 heteroatoms. The summed E-state index contributed by atoms with van der Waals surface area (Å²) < 4.78 is 0. The summed E-state index contributed by atoms with van der Waals surface area (Å²) >= 11 is 0. The smallest absolute Gasteiger partial charge is 0.168 e. The molecule has 141 valence electrons. The zero-order valence-electron chi connectivity index (χ0n) is 16.8. The Bertz CT molecular complexity index is 979. The van der Waals surface area contributed by atoms with Gasteiger partial charge in [0.05, 0.1) is 0 Å². The van der Waals surface area contributed by atoms with Crippen molar-refractivity contribution in [2.24, 2.45) is 0 Å². The van der Waals surface area contributed by atoms with Gasteiger partial charge in [0.2, 0.25) is 0 Å². The van der Waals surface area contributed by atoms with Crippen LogP contribution in [0.2, 0.25) is 6.55 Å². The fourth-order valence-electron chi connectivity index (χ4n) is 2.96. The van der Waals surface area contributed by atoms with E-state index >= 15 is 0 Å². The third-order valence-corrected chi connectivity index (χ3v) is 6.49. The summed E-state index contributed by atoms with van der Waals surface area (Å²) in [5.41, 5.74) is 2.06. The number of fused-ring (bicyclic) bond motifs is 2. The second-order valence-corrected chi connectivity index (χ2v) is 8.91. The third kappa shape index (κ3) is 6.92. The van der Waals surface area contributed by atoms with Gasteiger partial charge in [-0.05, 0) is 0 Å². The fourth-order valence-corrected chi connectivity index (χ4v) is 3.91. The van der Waals surface area contributed by atoms with Gasteiger partial charge in [-0.2, -0.15) is 35.0 Å². The first-order valence-electron chi connectivity index (χ1n) is 9.50. The molecule has 0 aromatic heterocycles. The monoisotopic (exact) mass is 467 g/mol. The maximum atomic E-state index is 3.78. The predicted octanol–water partition coefficient (Wildman–Crippen LogP) is 6.86. The van der Waals surface area contributed by atoms with Crippen molar-refractivity contribution in [3.05, 3.63) is 128 Å². The Balaban J connectivity index is 0.000000153. The molecule has 0 amide bonds. The van der Waals surface area contributed by atoms with Gasteiger partial charge in [0.15, 0.2) is 0 Å². The van der Waals surface area contributed by atoms with Crippen molar-refractivity contribution in [1.29, 1.82) is 0 Å². The molecule has 29 heavy (non-hydrogen) atoms. The second-order valence-electron chi connectivity index (χ2n) is 6.56. The van der Waals surface area contributed by atoms with Gasteiger partial charge in [-0.3, -0.25) is 0 Å². The van der Waals surface area contributed by atoms with E-state index < -0.39 is 8.80 Å². The van der Waals surface area contributed by atoms with Crippen molar-refractivity contribution in [2.75, 3.05) is 0 Å². The van der Waals surface area contributed by atoms with E-state index in [4.69, 9.17) is 0 Å². The molecule has 0 nitrogen and oxygen atoms in total. The molecule has 0 unspecified atom stereocenters. The molecule has 0 saturated carbocycles. The molecule has 0 fully saturated rings. The molecular weight excluding hydrogens is 444 g/mol. The fraction of sp³-hybridized carbons (Fsp3) is 0.0370. The van der Waals surface area contributed by atoms with Crippen molar-refractivity contribution < 1.29 is 26.2 Å². The Hall–Kier alpha value is -2.28. The molecule has 0 saturated heterocycles. The molecule has 0 spiro atoms. The van der Waals surface area contributed by atoms with E-state index in [0.717, 1.165) is 0 Å². The van der Waals surface area contributed by atoms with E-state index in [1.54, 1.807) is 0 Å². The molecule has 0 aliphatic carbocycles. The maximum absolute atomic E-state index is 3.78. The van der Waals surface area contributed by atoms with Crippen molar-refractivity contribution in [3.63, 3.8) is 0 Å². The Kier molecular flexibility index (Phi) is 9.77. The van der Waals surface area contributed by atoms with Gasteiger partial charge >= 0.3 is 26.2 Å². The quantitative estimate of drug-likeness (QED) is 0.196. The molecule has 5 aromatic rings. The second kappa shape index (κ2) is 12.3. The van der Waals surface area contributed by atoms with Gasteiger partial charge in [-0.1, -0.05) is 59.9 Å². The van der Waals surface area contributed by atoms with Gasteiger partial charge in [0.25, 0.3) is 0 Å². The van der Waals surface area contributed by atoms with Crippen LogP contribution in [-0.4, -0.2) is 8.80 Å². The SMILES string of the molecule is C=C[Si](C)c1ccccc1.[Zr+2].c1ccc2[cH-]ccc2c1.c1ccc2[cH-]ccc2c1. The van der Waals surface area contributed by atoms with Gasteiger partial charge in [-0.15, -0.1) is 65.9 Å². The summed E-state index contributed by atoms with van der Waals surface area (Å²) in [6.07, 6.45) is 0. The number of hydrogen-bond acceptors (Lipinski definition) is 0. The topological polar surface area (TPSA) is 0 Å². The normalized spacial score (nSPS) is 9.72. The molecule has 5 rings (SSSR count). The standard InChI is InChI=1S/C9H11Si.2C9H7.Zr/c1-3-10(2)9-7-5-4-6-8-9;2*1-2-5-9-7-3-6-8(9)4-1;/h3-8H,1H2,2H3;2*1-7H;/q;2*-1;+2. The van der Waals surface area contributed by atoms with E-state index in [9.17, 15) is 0 Å². The van der Waals surface area contributed by atoms with E-state index in [1.165, 1.54) is 26.7 Å². The first-order valence-corrected chi connectivity index (χ1v) is 11.6. The van der Waals surface area contributed by atoms with Gasteiger partial charge in [-0.25, -0.2) is 0 Å². The number of benzene rings is 3. The summed E-state index contributed by atoms with van der Waals surface area (Å²) in [5.74, 6) is 0. The minimum atomic E-state index is -0.443. The van der Waals surface area contributed by atoms with Crippen LogP contribution in [0.4, 0.5) is 0 Å².